The molecule has 1 unspecified atom stereocenters. The Kier molecular flexibility index (Phi) is 5.86. The highest BCUT2D eigenvalue weighted by molar-refractivity contribution is 7.99. The second-order valence-electron chi connectivity index (χ2n) is 8.59. The molecule has 1 aromatic carbocycles. The summed E-state index contributed by atoms with van der Waals surface area (Å²) in [7, 11) is -0.869. The number of carbonyl (C=O) groups excluding carboxylic acids is 1. The van der Waals surface area contributed by atoms with E-state index in [1.807, 2.05) is 12.1 Å². The smallest absolute Gasteiger partial charge is 0.348 e. The summed E-state index contributed by atoms with van der Waals surface area (Å²) in [5.74, 6) is -0.199. The van der Waals surface area contributed by atoms with Gasteiger partial charge < -0.3 is 10.1 Å². The van der Waals surface area contributed by atoms with Crippen LogP contribution in [0.1, 0.15) is 15.9 Å². The van der Waals surface area contributed by atoms with Crippen LogP contribution in [0.15, 0.2) is 72.3 Å². The highest BCUT2D eigenvalue weighted by Gasteiger charge is 2.38. The maximum atomic E-state index is 13.7. The van der Waals surface area contributed by atoms with Gasteiger partial charge in [-0.25, -0.2) is 15.0 Å². The summed E-state index contributed by atoms with van der Waals surface area (Å²) in [5.41, 5.74) is 4.34. The first-order valence-electron chi connectivity index (χ1n) is 11.5. The lowest BCUT2D eigenvalue weighted by Crippen LogP contribution is -2.33. The average Bonchev–Trinajstić information content (AvgIpc) is 3.39. The summed E-state index contributed by atoms with van der Waals surface area (Å²) in [6.45, 7) is 0.218. The highest BCUT2D eigenvalue weighted by atomic mass is 32.3. The molecular formula is C26H21N6O4S2+. The van der Waals surface area contributed by atoms with Gasteiger partial charge in [0.25, 0.3) is 5.91 Å². The Morgan fingerprint density at radius 1 is 1.05 bits per heavy atom. The quantitative estimate of drug-likeness (QED) is 0.296. The number of amides is 1. The molecule has 0 radical (unpaired) electrons. The van der Waals surface area contributed by atoms with Gasteiger partial charge in [0, 0.05) is 52.8 Å². The van der Waals surface area contributed by atoms with E-state index in [1.165, 1.54) is 48.3 Å². The highest BCUT2D eigenvalue weighted by Crippen LogP contribution is 2.40. The number of fused-ring (bicyclic) bond motifs is 9. The van der Waals surface area contributed by atoms with Crippen LogP contribution in [0.2, 0.25) is 0 Å². The number of hydrogen-bond acceptors (Lipinski definition) is 8. The zero-order valence-corrected chi connectivity index (χ0v) is 21.9. The van der Waals surface area contributed by atoms with Crippen LogP contribution in [0.4, 0.5) is 5.69 Å². The van der Waals surface area contributed by atoms with E-state index in [0.717, 1.165) is 37.5 Å². The fourth-order valence-electron chi connectivity index (χ4n) is 4.25. The van der Waals surface area contributed by atoms with Crippen molar-refractivity contribution in [3.63, 3.8) is 0 Å². The molecule has 5 heterocycles. The molecule has 0 aliphatic carbocycles. The van der Waals surface area contributed by atoms with Crippen molar-refractivity contribution in [2.24, 2.45) is 0 Å². The van der Waals surface area contributed by atoms with Gasteiger partial charge in [0.1, 0.15) is 6.33 Å². The number of ether oxygens (including phenoxy) is 1. The van der Waals surface area contributed by atoms with E-state index in [2.05, 4.69) is 25.3 Å². The van der Waals surface area contributed by atoms with Gasteiger partial charge >= 0.3 is 10.4 Å². The number of hydrogen-bond donors (Lipinski definition) is 2. The zero-order valence-electron chi connectivity index (χ0n) is 20.3. The second-order valence-corrected chi connectivity index (χ2v) is 11.7. The molecule has 38 heavy (non-hydrogen) atoms. The summed E-state index contributed by atoms with van der Waals surface area (Å²) in [6.07, 6.45) is 6.56. The number of benzene rings is 1. The number of methoxy groups -OCH3 is 1. The first-order valence-corrected chi connectivity index (χ1v) is 13.8. The van der Waals surface area contributed by atoms with Gasteiger partial charge in [0.15, 0.2) is 5.69 Å². The van der Waals surface area contributed by atoms with Crippen LogP contribution < -0.4 is 14.4 Å². The molecule has 1 amide bonds. The van der Waals surface area contributed by atoms with E-state index in [4.69, 9.17) is 4.74 Å². The van der Waals surface area contributed by atoms with Gasteiger partial charge in [-0.1, -0.05) is 6.07 Å². The molecule has 5 aromatic rings. The molecule has 1 aliphatic rings. The van der Waals surface area contributed by atoms with Gasteiger partial charge in [-0.3, -0.25) is 9.78 Å². The van der Waals surface area contributed by atoms with Crippen molar-refractivity contribution in [3.8, 4) is 27.6 Å². The summed E-state index contributed by atoms with van der Waals surface area (Å²) in [6, 6.07) is 11.7. The van der Waals surface area contributed by atoms with Crippen molar-refractivity contribution in [3.05, 3.63) is 78.5 Å². The molecule has 4 aromatic heterocycles. The van der Waals surface area contributed by atoms with Crippen LogP contribution in [-0.2, 0) is 21.2 Å². The van der Waals surface area contributed by atoms with E-state index >= 15 is 0 Å². The second kappa shape index (κ2) is 9.24. The SMILES string of the molecule is COc1ncc2cc1N(C)[S+](=O)(O)c1cccc(c1)C(=O)NCc1cncc(c1)-c1ncnc3cc-2sc13. The third-order valence-electron chi connectivity index (χ3n) is 6.26. The number of aromatic nitrogens is 4. The molecule has 12 heteroatoms. The van der Waals surface area contributed by atoms with Crippen LogP contribution in [0.3, 0.4) is 0 Å². The van der Waals surface area contributed by atoms with Gasteiger partial charge in [0.05, 0.1) is 30.1 Å². The summed E-state index contributed by atoms with van der Waals surface area (Å²) >= 11 is 1.48. The molecule has 0 spiro atoms. The molecule has 0 saturated heterocycles. The van der Waals surface area contributed by atoms with E-state index in [9.17, 15) is 13.6 Å². The summed E-state index contributed by atoms with van der Waals surface area (Å²) in [5, 5.41) is 2.86. The minimum atomic E-state index is -3.81. The summed E-state index contributed by atoms with van der Waals surface area (Å²) in [4.78, 5) is 31.6. The molecule has 0 saturated carbocycles. The lowest BCUT2D eigenvalue weighted by Gasteiger charge is -2.19. The molecule has 1 atom stereocenters. The fraction of sp³-hybridized carbons (Fsp3) is 0.115. The van der Waals surface area contributed by atoms with Gasteiger partial charge in [-0.05, 0) is 40.1 Å². The van der Waals surface area contributed by atoms with Crippen LogP contribution in [0.25, 0.3) is 31.9 Å². The first kappa shape index (κ1) is 24.1. The maximum Gasteiger partial charge on any atom is 0.348 e. The van der Waals surface area contributed by atoms with Crippen molar-refractivity contribution in [2.45, 2.75) is 11.4 Å². The predicted molar refractivity (Wildman–Crippen MR) is 145 cm³/mol. The number of nitrogens with zero attached hydrogens (tertiary/aromatic N) is 5. The Balaban J connectivity index is 1.60. The zero-order chi connectivity index (χ0) is 26.4. The fourth-order valence-corrected chi connectivity index (χ4v) is 6.61. The summed E-state index contributed by atoms with van der Waals surface area (Å²) < 4.78 is 32.5. The van der Waals surface area contributed by atoms with Crippen molar-refractivity contribution in [1.82, 2.24) is 25.3 Å². The third-order valence-corrected chi connectivity index (χ3v) is 9.24. The van der Waals surface area contributed by atoms with E-state index < -0.39 is 10.4 Å². The standard InChI is InChI=1S/C26H20N6O4S2/c1-32-21-8-17(13-29-26(21)36-2)22-9-20-24(37-22)23(31-14-30-20)18-6-15(10-27-12-18)11-28-25(33)16-4-3-5-19(7-16)38(32,34)35/h3-10,12-14H,11H2,1-2H3,(H-,28,33,34,35)/p+1. The van der Waals surface area contributed by atoms with Crippen molar-refractivity contribution < 1.29 is 18.3 Å². The predicted octanol–water partition coefficient (Wildman–Crippen LogP) is 4.45. The van der Waals surface area contributed by atoms with Crippen LogP contribution in [0.5, 0.6) is 5.88 Å². The monoisotopic (exact) mass is 545 g/mol. The lowest BCUT2D eigenvalue weighted by atomic mass is 10.1. The molecule has 0 fully saturated rings. The Hall–Kier alpha value is -4.26. The minimum absolute atomic E-state index is 0.0756. The Labute approximate surface area is 222 Å². The Bertz CT molecular complexity index is 1770. The molecule has 6 rings (SSSR count). The van der Waals surface area contributed by atoms with Crippen LogP contribution in [-0.4, -0.2) is 44.6 Å². The molecule has 190 valence electrons. The van der Waals surface area contributed by atoms with Gasteiger partial charge in [-0.15, -0.1) is 11.3 Å². The molecular weight excluding hydrogens is 524 g/mol. The number of thiophene rings is 1. The number of rotatable bonds is 1. The largest absolute Gasteiger partial charge is 0.479 e. The Morgan fingerprint density at radius 3 is 2.76 bits per heavy atom. The Morgan fingerprint density at radius 2 is 1.92 bits per heavy atom. The van der Waals surface area contributed by atoms with E-state index in [-0.39, 0.29) is 28.8 Å². The van der Waals surface area contributed by atoms with Gasteiger partial charge in [-0.2, -0.15) is 8.86 Å². The van der Waals surface area contributed by atoms with Crippen molar-refractivity contribution in [2.75, 3.05) is 18.5 Å². The minimum Gasteiger partial charge on any atom is -0.479 e. The maximum absolute atomic E-state index is 13.7. The third kappa shape index (κ3) is 4.08. The van der Waals surface area contributed by atoms with Crippen molar-refractivity contribution in [1.29, 1.82) is 0 Å². The molecule has 2 N–H and O–H groups in total. The van der Waals surface area contributed by atoms with Crippen LogP contribution >= 0.6 is 11.3 Å². The normalized spacial score (nSPS) is 17.1. The number of carbonyl (C=O) groups is 1. The van der Waals surface area contributed by atoms with Crippen molar-refractivity contribution >= 4 is 43.5 Å². The van der Waals surface area contributed by atoms with Gasteiger partial charge in [0.2, 0.25) is 10.8 Å². The van der Waals surface area contributed by atoms with Crippen LogP contribution in [0, 0.1) is 0 Å². The van der Waals surface area contributed by atoms with E-state index in [1.54, 1.807) is 36.8 Å². The molecule has 1 aliphatic heterocycles. The number of nitrogens with one attached hydrogen (secondary N) is 1. The lowest BCUT2D eigenvalue weighted by molar-refractivity contribution is 0.0950. The first-order chi connectivity index (χ1) is 18.3. The number of pyridine rings is 2. The van der Waals surface area contributed by atoms with E-state index in [0.29, 0.717) is 5.69 Å². The topological polar surface area (TPSA) is 130 Å². The average molecular weight is 546 g/mol. The molecule has 8 bridgehead atoms. The number of anilines is 1. The molecule has 10 nitrogen and oxygen atoms in total.